The first-order chi connectivity index (χ1) is 28.5. The van der Waals surface area contributed by atoms with Crippen LogP contribution in [0, 0.1) is 11.6 Å². The van der Waals surface area contributed by atoms with E-state index in [1.165, 1.54) is 44.4 Å². The van der Waals surface area contributed by atoms with Gasteiger partial charge in [0.2, 0.25) is 5.89 Å². The Bertz CT molecular complexity index is 3320. The number of fused-ring (bicyclic) bond motifs is 7. The number of nitrogens with zero attached hydrogens (tertiary/aromatic N) is 3. The number of thiophene rings is 1. The molecule has 11 aromatic rings. The van der Waals surface area contributed by atoms with Crippen molar-refractivity contribution in [3.05, 3.63) is 200 Å². The minimum Gasteiger partial charge on any atom is -0.436 e. The smallest absolute Gasteiger partial charge is 0.227 e. The predicted molar refractivity (Wildman–Crippen MR) is 237 cm³/mol. The minimum atomic E-state index is -0.301. The first kappa shape index (κ1) is 33.9. The lowest BCUT2D eigenvalue weighted by molar-refractivity contribution is 0.620. The maximum atomic E-state index is 14.2. The van der Waals surface area contributed by atoms with E-state index in [4.69, 9.17) is 9.40 Å². The SMILES string of the molecule is Fc1ccc(N(c2ccc3c(ccc4cc(N(c5ccc(F)cc5)c5ccc6sc7ccccc7c6c5)ccc43)c2)c2ccc3nc(-c4ccccc4)oc3c2)cc1. The van der Waals surface area contributed by atoms with Gasteiger partial charge in [-0.05, 0) is 143 Å². The summed E-state index contributed by atoms with van der Waals surface area (Å²) >= 11 is 1.79. The first-order valence-corrected chi connectivity index (χ1v) is 19.8. The Morgan fingerprint density at radius 3 is 1.59 bits per heavy atom. The standard InChI is InChI=1S/C51H31F2N3OS/c52-35-12-16-37(17-13-35)55(41-23-27-50-46(30-41)45-8-4-5-9-49(45)58-50)39-20-24-43-33(28-39)10-11-34-29-40(21-25-44(34)43)56(38-18-14-36(53)15-19-38)42-22-26-47-48(31-42)57-51(54-47)32-6-2-1-3-7-32/h1-31H. The fourth-order valence-electron chi connectivity index (χ4n) is 8.01. The molecule has 7 heteroatoms. The van der Waals surface area contributed by atoms with E-state index in [-0.39, 0.29) is 11.6 Å². The molecule has 0 saturated carbocycles. The number of oxazole rings is 1. The summed E-state index contributed by atoms with van der Waals surface area (Å²) in [6.07, 6.45) is 0. The van der Waals surface area contributed by atoms with Crippen LogP contribution in [0.25, 0.3) is 64.3 Å². The number of hydrogen-bond acceptors (Lipinski definition) is 5. The minimum absolute atomic E-state index is 0.277. The zero-order valence-electron chi connectivity index (χ0n) is 30.8. The maximum Gasteiger partial charge on any atom is 0.227 e. The molecule has 58 heavy (non-hydrogen) atoms. The van der Waals surface area contributed by atoms with Crippen LogP contribution in [0.5, 0.6) is 0 Å². The van der Waals surface area contributed by atoms with Crippen LogP contribution in [-0.2, 0) is 0 Å². The zero-order valence-corrected chi connectivity index (χ0v) is 31.6. The third-order valence-corrected chi connectivity index (χ3v) is 11.9. The molecule has 276 valence electrons. The highest BCUT2D eigenvalue weighted by molar-refractivity contribution is 7.25. The summed E-state index contributed by atoms with van der Waals surface area (Å²) in [5.74, 6) is -0.0226. The molecule has 0 aliphatic heterocycles. The molecule has 0 radical (unpaired) electrons. The average Bonchev–Trinajstić information content (AvgIpc) is 3.87. The van der Waals surface area contributed by atoms with Gasteiger partial charge in [-0.2, -0.15) is 0 Å². The van der Waals surface area contributed by atoms with Gasteiger partial charge in [0.05, 0.1) is 0 Å². The summed E-state index contributed by atoms with van der Waals surface area (Å²) in [5, 5.41) is 6.76. The molecule has 0 spiro atoms. The van der Waals surface area contributed by atoms with Crippen LogP contribution in [0.2, 0.25) is 0 Å². The second kappa shape index (κ2) is 13.7. The van der Waals surface area contributed by atoms with E-state index >= 15 is 0 Å². The molecule has 4 nitrogen and oxygen atoms in total. The third kappa shape index (κ3) is 5.92. The zero-order chi connectivity index (χ0) is 38.7. The molecule has 11 rings (SSSR count). The largest absolute Gasteiger partial charge is 0.436 e. The van der Waals surface area contributed by atoms with Crippen LogP contribution < -0.4 is 9.80 Å². The summed E-state index contributed by atoms with van der Waals surface area (Å²) < 4.78 is 37.2. The predicted octanol–water partition coefficient (Wildman–Crippen LogP) is 15.4. The van der Waals surface area contributed by atoms with E-state index in [9.17, 15) is 8.78 Å². The molecule has 0 unspecified atom stereocenters. The first-order valence-electron chi connectivity index (χ1n) is 19.0. The van der Waals surface area contributed by atoms with Gasteiger partial charge >= 0.3 is 0 Å². The molecule has 0 fully saturated rings. The second-order valence-electron chi connectivity index (χ2n) is 14.3. The Hall–Kier alpha value is -7.35. The highest BCUT2D eigenvalue weighted by atomic mass is 32.1. The number of rotatable bonds is 7. The van der Waals surface area contributed by atoms with Crippen molar-refractivity contribution in [1.82, 2.24) is 4.98 Å². The van der Waals surface area contributed by atoms with E-state index in [2.05, 4.69) is 101 Å². The molecule has 0 aliphatic carbocycles. The van der Waals surface area contributed by atoms with E-state index in [1.54, 1.807) is 23.5 Å². The lowest BCUT2D eigenvalue weighted by Gasteiger charge is -2.26. The van der Waals surface area contributed by atoms with Gasteiger partial charge in [0.15, 0.2) is 5.58 Å². The van der Waals surface area contributed by atoms with Crippen molar-refractivity contribution in [2.45, 2.75) is 0 Å². The van der Waals surface area contributed by atoms with Gasteiger partial charge in [-0.1, -0.05) is 60.7 Å². The van der Waals surface area contributed by atoms with Crippen molar-refractivity contribution in [2.24, 2.45) is 0 Å². The number of hydrogen-bond donors (Lipinski definition) is 0. The maximum absolute atomic E-state index is 14.2. The molecular weight excluding hydrogens is 741 g/mol. The molecule has 2 heterocycles. The van der Waals surface area contributed by atoms with Crippen LogP contribution in [-0.4, -0.2) is 4.98 Å². The van der Waals surface area contributed by atoms with Crippen molar-refractivity contribution in [2.75, 3.05) is 9.80 Å². The van der Waals surface area contributed by atoms with Gasteiger partial charge in [0, 0.05) is 65.9 Å². The van der Waals surface area contributed by atoms with Crippen molar-refractivity contribution < 1.29 is 13.2 Å². The van der Waals surface area contributed by atoms with Crippen molar-refractivity contribution in [1.29, 1.82) is 0 Å². The normalized spacial score (nSPS) is 11.6. The van der Waals surface area contributed by atoms with Gasteiger partial charge in [0.25, 0.3) is 0 Å². The summed E-state index contributed by atoms with van der Waals surface area (Å²) in [6.45, 7) is 0. The molecule has 0 N–H and O–H groups in total. The van der Waals surface area contributed by atoms with Gasteiger partial charge in [0.1, 0.15) is 17.2 Å². The topological polar surface area (TPSA) is 32.5 Å². The Morgan fingerprint density at radius 1 is 0.414 bits per heavy atom. The van der Waals surface area contributed by atoms with E-state index in [0.29, 0.717) is 11.5 Å². The number of anilines is 6. The third-order valence-electron chi connectivity index (χ3n) is 10.8. The molecule has 0 aliphatic rings. The molecule has 0 amide bonds. The fraction of sp³-hybridized carbons (Fsp3) is 0. The molecule has 9 aromatic carbocycles. The molecule has 0 atom stereocenters. The molecule has 0 saturated heterocycles. The van der Waals surface area contributed by atoms with Gasteiger partial charge in [-0.15, -0.1) is 11.3 Å². The number of halogens is 2. The van der Waals surface area contributed by atoms with Crippen LogP contribution in [0.1, 0.15) is 0 Å². The van der Waals surface area contributed by atoms with Crippen LogP contribution >= 0.6 is 11.3 Å². The summed E-state index contributed by atoms with van der Waals surface area (Å²) in [7, 11) is 0. The highest BCUT2D eigenvalue weighted by Crippen LogP contribution is 2.43. The molecule has 2 aromatic heterocycles. The van der Waals surface area contributed by atoms with Crippen molar-refractivity contribution >= 4 is 98.3 Å². The fourth-order valence-corrected chi connectivity index (χ4v) is 9.10. The van der Waals surface area contributed by atoms with Crippen molar-refractivity contribution in [3.8, 4) is 11.5 Å². The van der Waals surface area contributed by atoms with Gasteiger partial charge in [-0.25, -0.2) is 13.8 Å². The lowest BCUT2D eigenvalue weighted by Crippen LogP contribution is -2.10. The number of aromatic nitrogens is 1. The van der Waals surface area contributed by atoms with Gasteiger partial charge in [-0.3, -0.25) is 0 Å². The van der Waals surface area contributed by atoms with Crippen molar-refractivity contribution in [3.63, 3.8) is 0 Å². The van der Waals surface area contributed by atoms with Crippen LogP contribution in [0.15, 0.2) is 192 Å². The Kier molecular flexibility index (Phi) is 8.01. The molecule has 0 bridgehead atoms. The Morgan fingerprint density at radius 2 is 0.931 bits per heavy atom. The van der Waals surface area contributed by atoms with E-state index < -0.39 is 0 Å². The van der Waals surface area contributed by atoms with Crippen LogP contribution in [0.3, 0.4) is 0 Å². The highest BCUT2D eigenvalue weighted by Gasteiger charge is 2.19. The summed E-state index contributed by atoms with van der Waals surface area (Å²) in [5.41, 5.74) is 7.72. The second-order valence-corrected chi connectivity index (χ2v) is 15.4. The average molecular weight is 772 g/mol. The molecular formula is C51H31F2N3OS. The van der Waals surface area contributed by atoms with Crippen LogP contribution in [0.4, 0.5) is 42.9 Å². The summed E-state index contributed by atoms with van der Waals surface area (Å²) in [4.78, 5) is 9.02. The quantitative estimate of drug-likeness (QED) is 0.151. The van der Waals surface area contributed by atoms with E-state index in [0.717, 1.165) is 66.7 Å². The Labute approximate surface area is 336 Å². The Balaban J connectivity index is 1.00. The monoisotopic (exact) mass is 771 g/mol. The van der Waals surface area contributed by atoms with Gasteiger partial charge < -0.3 is 14.2 Å². The number of benzene rings is 9. The van der Waals surface area contributed by atoms with E-state index in [1.807, 2.05) is 60.7 Å². The lowest BCUT2D eigenvalue weighted by atomic mass is 10.00. The summed E-state index contributed by atoms with van der Waals surface area (Å²) in [6, 6.07) is 61.2.